The number of ether oxygens (including phenoxy) is 2. The largest absolute Gasteiger partial charge is 2.00 e. The summed E-state index contributed by atoms with van der Waals surface area (Å²) in [6.07, 6.45) is 16.6. The summed E-state index contributed by atoms with van der Waals surface area (Å²) < 4.78 is 11.1. The van der Waals surface area contributed by atoms with Gasteiger partial charge < -0.3 is 19.4 Å². The first kappa shape index (κ1) is 51.7. The second kappa shape index (κ2) is 22.9. The van der Waals surface area contributed by atoms with E-state index in [9.17, 15) is 14.4 Å². The topological polar surface area (TPSA) is 126 Å². The summed E-state index contributed by atoms with van der Waals surface area (Å²) in [4.78, 5) is 59.0. The molecular weight excluding hydrogens is 821 g/mol. The van der Waals surface area contributed by atoms with Crippen LogP contribution in [0, 0.1) is 31.6 Å². The summed E-state index contributed by atoms with van der Waals surface area (Å²) in [5.74, 6) is -0.467. The summed E-state index contributed by atoms with van der Waals surface area (Å²) in [5.41, 5.74) is 13.3. The second-order valence-electron chi connectivity index (χ2n) is 19.6. The summed E-state index contributed by atoms with van der Waals surface area (Å²) in [6.45, 7) is 26.2. The standard InChI is InChI=1S/C55H73N4O5.Mg/c1-13-39-35(8)42-28-44-37(10)41(24-25-48(60)64-27-26-34(7)23-17-22-33(6)21-16-20-32(5)19-15-18-31(3)4)52(58-44)50-51(55(62)63-12)54(61)49-38(11)45(59-53(49)50)30-47-40(14-2)36(9)43(57-47)29-46(39)56-42;/h13,26,28-33,37,41,51H,1,14-25,27H2,2-12H3,(H-,56,57,58,59,61);/q-1;+2/p+1/b34-26+;. The fraction of sp³-hybridized carbons (Fsp3) is 0.545. The number of aromatic nitrogens is 4. The summed E-state index contributed by atoms with van der Waals surface area (Å²) in [5, 5.41) is 0. The van der Waals surface area contributed by atoms with Crippen molar-refractivity contribution < 1.29 is 33.8 Å². The Balaban J connectivity index is 0.00000793. The number of esters is 2. The third-order valence-electron chi connectivity index (χ3n) is 14.4. The molecule has 3 aromatic heterocycles. The molecule has 3 aliphatic rings. The number of carbonyl (C=O) groups excluding carboxylic acids is 3. The Hall–Kier alpha value is -4.28. The average molecular weight is 896 g/mol. The van der Waals surface area contributed by atoms with Gasteiger partial charge in [0.15, 0.2) is 17.2 Å². The maximum atomic E-state index is 14.4. The SMILES string of the molecule is C=Cc1c(C)c2cc3[nH+]c(c4c5[n-]c(cc6[nH+]c(cc1[n-]2)C(C)=C6CC)c(C)c5C(=O)C4C(=O)OC)C(CCC(=O)OC/C=C(\C)CCCC(C)CCCC(C)CCCC(C)C)C3C.[Mg+2]. The van der Waals surface area contributed by atoms with Crippen molar-refractivity contribution >= 4 is 80.1 Å². The van der Waals surface area contributed by atoms with Gasteiger partial charge in [0.2, 0.25) is 11.4 Å². The van der Waals surface area contributed by atoms with Gasteiger partial charge in [-0.3, -0.25) is 14.4 Å². The van der Waals surface area contributed by atoms with Gasteiger partial charge in [0.05, 0.1) is 18.9 Å². The van der Waals surface area contributed by atoms with E-state index in [1.165, 1.54) is 57.6 Å². The van der Waals surface area contributed by atoms with E-state index < -0.39 is 11.9 Å². The van der Waals surface area contributed by atoms with Crippen LogP contribution < -0.4 is 19.9 Å². The summed E-state index contributed by atoms with van der Waals surface area (Å²) in [7, 11) is 1.31. The molecule has 0 amide bonds. The van der Waals surface area contributed by atoms with Gasteiger partial charge in [-0.25, -0.2) is 9.97 Å². The second-order valence-corrected chi connectivity index (χ2v) is 19.6. The number of H-pyrrole nitrogens is 2. The minimum atomic E-state index is -1.18. The molecule has 6 rings (SSSR count). The molecule has 0 saturated carbocycles. The molecule has 2 aliphatic heterocycles. The van der Waals surface area contributed by atoms with Crippen LogP contribution >= 0.6 is 0 Å². The number of aryl methyl sites for hydroxylation is 2. The zero-order valence-corrected chi connectivity index (χ0v) is 42.8. The van der Waals surface area contributed by atoms with E-state index in [4.69, 9.17) is 19.4 Å². The first-order valence-electron chi connectivity index (χ1n) is 24.1. The molecule has 0 aromatic carbocycles. The van der Waals surface area contributed by atoms with E-state index in [0.29, 0.717) is 39.8 Å². The van der Waals surface area contributed by atoms with Crippen molar-refractivity contribution in [1.82, 2.24) is 9.97 Å². The molecule has 0 radical (unpaired) electrons. The van der Waals surface area contributed by atoms with E-state index in [2.05, 4.69) is 91.0 Å². The van der Waals surface area contributed by atoms with Crippen LogP contribution in [0.25, 0.3) is 39.3 Å². The van der Waals surface area contributed by atoms with Gasteiger partial charge >= 0.3 is 35.0 Å². The third kappa shape index (κ3) is 11.6. The molecule has 0 spiro atoms. The molecule has 3 aromatic rings. The molecule has 10 heteroatoms. The Morgan fingerprint density at radius 2 is 1.51 bits per heavy atom. The first-order valence-corrected chi connectivity index (χ1v) is 24.1. The van der Waals surface area contributed by atoms with Crippen molar-refractivity contribution in [2.24, 2.45) is 17.8 Å². The van der Waals surface area contributed by atoms with Crippen molar-refractivity contribution in [2.45, 2.75) is 164 Å². The molecule has 8 bridgehead atoms. The Bertz CT molecular complexity index is 2490. The normalized spacial score (nSPS) is 17.9. The molecule has 0 fully saturated rings. The fourth-order valence-corrected chi connectivity index (χ4v) is 10.3. The number of methoxy groups -OCH3 is 1. The smallest absolute Gasteiger partial charge is 0.657 e. The summed E-state index contributed by atoms with van der Waals surface area (Å²) in [6, 6.07) is 6.14. The average Bonchev–Trinajstić information content (AvgIpc) is 3.99. The van der Waals surface area contributed by atoms with E-state index in [0.717, 1.165) is 87.4 Å². The van der Waals surface area contributed by atoms with Crippen LogP contribution in [0.3, 0.4) is 0 Å². The van der Waals surface area contributed by atoms with Gasteiger partial charge in [0.1, 0.15) is 12.5 Å². The Kier molecular flexibility index (Phi) is 18.3. The zero-order chi connectivity index (χ0) is 46.4. The molecule has 1 aliphatic carbocycles. The number of fused-ring (bicyclic) bond motifs is 8. The van der Waals surface area contributed by atoms with Gasteiger partial charge in [0, 0.05) is 28.7 Å². The molecular formula is C55H74MgN4O5+2. The molecule has 0 saturated heterocycles. The number of hydrogen-bond donors (Lipinski definition) is 0. The molecule has 344 valence electrons. The molecule has 5 atom stereocenters. The van der Waals surface area contributed by atoms with Crippen LogP contribution in [0.2, 0.25) is 0 Å². The van der Waals surface area contributed by atoms with Gasteiger partial charge in [-0.2, -0.15) is 0 Å². The van der Waals surface area contributed by atoms with Crippen molar-refractivity contribution in [1.29, 1.82) is 0 Å². The maximum Gasteiger partial charge on any atom is 2.00 e. The predicted octanol–water partition coefficient (Wildman–Crippen LogP) is 11.7. The quantitative estimate of drug-likeness (QED) is 0.0478. The van der Waals surface area contributed by atoms with Crippen LogP contribution in [0.4, 0.5) is 0 Å². The number of ketones is 1. The van der Waals surface area contributed by atoms with Gasteiger partial charge in [-0.05, 0) is 101 Å². The molecule has 5 unspecified atom stereocenters. The number of aromatic amines is 2. The van der Waals surface area contributed by atoms with E-state index in [-0.39, 0.29) is 59.7 Å². The van der Waals surface area contributed by atoms with Crippen molar-refractivity contribution in [2.75, 3.05) is 13.7 Å². The Labute approximate surface area is 404 Å². The number of Topliss-reactive ketones (excluding diaryl/α,β-unsaturated/α-hetero) is 1. The monoisotopic (exact) mass is 895 g/mol. The third-order valence-corrected chi connectivity index (χ3v) is 14.4. The first-order chi connectivity index (χ1) is 30.6. The predicted molar refractivity (Wildman–Crippen MR) is 263 cm³/mol. The maximum absolute atomic E-state index is 14.4. The summed E-state index contributed by atoms with van der Waals surface area (Å²) >= 11 is 0. The van der Waals surface area contributed by atoms with E-state index in [1.54, 1.807) is 0 Å². The molecule has 2 N–H and O–H groups in total. The zero-order valence-electron chi connectivity index (χ0n) is 41.4. The van der Waals surface area contributed by atoms with Crippen LogP contribution in [0.15, 0.2) is 36.4 Å². The van der Waals surface area contributed by atoms with Crippen molar-refractivity contribution in [3.05, 3.63) is 87.0 Å². The van der Waals surface area contributed by atoms with Crippen molar-refractivity contribution in [3.8, 4) is 0 Å². The Morgan fingerprint density at radius 3 is 2.15 bits per heavy atom. The fourth-order valence-electron chi connectivity index (χ4n) is 10.3. The van der Waals surface area contributed by atoms with Crippen LogP contribution in [0.5, 0.6) is 0 Å². The van der Waals surface area contributed by atoms with Gasteiger partial charge in [-0.15, -0.1) is 22.1 Å². The van der Waals surface area contributed by atoms with Gasteiger partial charge in [0.25, 0.3) is 0 Å². The van der Waals surface area contributed by atoms with Crippen LogP contribution in [-0.2, 0) is 19.1 Å². The number of nitrogens with one attached hydrogen (secondary N) is 2. The van der Waals surface area contributed by atoms with Crippen LogP contribution in [-0.4, -0.2) is 54.5 Å². The molecule has 5 heterocycles. The number of nitrogens with zero attached hydrogens (tertiary/aromatic N) is 2. The van der Waals surface area contributed by atoms with Crippen LogP contribution in [0.1, 0.15) is 206 Å². The molecule has 65 heavy (non-hydrogen) atoms. The minimum Gasteiger partial charge on any atom is -0.657 e. The van der Waals surface area contributed by atoms with Gasteiger partial charge in [-0.1, -0.05) is 116 Å². The minimum absolute atomic E-state index is 0. The number of carbonyl (C=O) groups is 3. The van der Waals surface area contributed by atoms with Crippen molar-refractivity contribution in [3.63, 3.8) is 0 Å². The molecule has 9 nitrogen and oxygen atoms in total. The number of rotatable bonds is 20. The van der Waals surface area contributed by atoms with E-state index in [1.807, 2.05) is 25.1 Å². The number of hydrogen-bond acceptors (Lipinski definition) is 5. The Morgan fingerprint density at radius 1 is 0.862 bits per heavy atom. The van der Waals surface area contributed by atoms with E-state index >= 15 is 0 Å². The number of allylic oxidation sites excluding steroid dienone is 3.